The second kappa shape index (κ2) is 12.3. The Kier molecular flexibility index (Phi) is 9.48. The molecule has 218 valence electrons. The summed E-state index contributed by atoms with van der Waals surface area (Å²) in [6.07, 6.45) is 1.09. The molecule has 0 saturated carbocycles. The van der Waals surface area contributed by atoms with Crippen LogP contribution in [0.3, 0.4) is 0 Å². The summed E-state index contributed by atoms with van der Waals surface area (Å²) in [5.41, 5.74) is 7.04. The van der Waals surface area contributed by atoms with Crippen LogP contribution in [-0.2, 0) is 23.5 Å². The van der Waals surface area contributed by atoms with Gasteiger partial charge in [-0.1, -0.05) is 92.6 Å². The van der Waals surface area contributed by atoms with Crippen LogP contribution in [0.15, 0.2) is 77.4 Å². The van der Waals surface area contributed by atoms with Crippen molar-refractivity contribution < 1.29 is 28.3 Å². The molecule has 3 atom stereocenters. The average molecular weight is 579 g/mol. The molecule has 2 aromatic carbocycles. The van der Waals surface area contributed by atoms with Crippen molar-refractivity contribution in [3.05, 3.63) is 82.8 Å². The van der Waals surface area contributed by atoms with E-state index >= 15 is 0 Å². The number of nitrogens with zero attached hydrogens (tertiary/aromatic N) is 3. The zero-order valence-corrected chi connectivity index (χ0v) is 25.6. The standard InChI is InChI=1S/C30H38N4O6Si/c1-28(2,3)40-27(37)32-24-21(19-35)18-30(26(36)38-7,25(24)33-34-31)20-39-41(29(4,5)6,22-14-10-8-11-15-22)23-16-12-9-13-17-23/h8-19,24-25H,20H2,1-7H3,(H,32,37)/t24-,25+,30+/m1/s1. The number of rotatable bonds is 9. The predicted octanol–water partition coefficient (Wildman–Crippen LogP) is 4.43. The number of carbonyl (C=O) groups is 3. The maximum absolute atomic E-state index is 13.6. The van der Waals surface area contributed by atoms with Crippen molar-refractivity contribution >= 4 is 37.0 Å². The molecule has 0 saturated heterocycles. The van der Waals surface area contributed by atoms with Crippen LogP contribution in [0.5, 0.6) is 0 Å². The van der Waals surface area contributed by atoms with Crippen molar-refractivity contribution in [3.8, 4) is 0 Å². The highest BCUT2D eigenvalue weighted by molar-refractivity contribution is 6.99. The molecule has 1 aliphatic rings. The third-order valence-corrected chi connectivity index (χ3v) is 12.1. The molecule has 2 aromatic rings. The Bertz CT molecular complexity index is 1290. The van der Waals surface area contributed by atoms with Crippen molar-refractivity contribution in [2.75, 3.05) is 13.7 Å². The van der Waals surface area contributed by atoms with Crippen molar-refractivity contribution in [1.29, 1.82) is 0 Å². The van der Waals surface area contributed by atoms with Gasteiger partial charge in [-0.15, -0.1) is 0 Å². The third kappa shape index (κ3) is 6.37. The van der Waals surface area contributed by atoms with E-state index < -0.39 is 48.5 Å². The van der Waals surface area contributed by atoms with E-state index in [0.29, 0.717) is 6.29 Å². The highest BCUT2D eigenvalue weighted by Crippen LogP contribution is 2.43. The quantitative estimate of drug-likeness (QED) is 0.117. The third-order valence-electron chi connectivity index (χ3n) is 7.12. The number of benzene rings is 2. The zero-order valence-electron chi connectivity index (χ0n) is 24.6. The van der Waals surface area contributed by atoms with Gasteiger partial charge in [-0.3, -0.25) is 9.59 Å². The van der Waals surface area contributed by atoms with Crippen LogP contribution in [0, 0.1) is 5.41 Å². The maximum atomic E-state index is 13.6. The predicted molar refractivity (Wildman–Crippen MR) is 158 cm³/mol. The second-order valence-corrected chi connectivity index (χ2v) is 16.3. The first-order valence-corrected chi connectivity index (χ1v) is 15.2. The summed E-state index contributed by atoms with van der Waals surface area (Å²) in [4.78, 5) is 41.6. The molecule has 0 spiro atoms. The number of ether oxygens (including phenoxy) is 2. The summed E-state index contributed by atoms with van der Waals surface area (Å²) < 4.78 is 17.6. The van der Waals surface area contributed by atoms with Crippen LogP contribution < -0.4 is 15.7 Å². The number of carbonyl (C=O) groups excluding carboxylic acids is 3. The first-order valence-electron chi connectivity index (χ1n) is 13.3. The van der Waals surface area contributed by atoms with Gasteiger partial charge < -0.3 is 19.2 Å². The van der Waals surface area contributed by atoms with Gasteiger partial charge in [0.15, 0.2) is 0 Å². The van der Waals surface area contributed by atoms with Crippen molar-refractivity contribution in [2.24, 2.45) is 10.5 Å². The lowest BCUT2D eigenvalue weighted by molar-refractivity contribution is -0.152. The van der Waals surface area contributed by atoms with Gasteiger partial charge >= 0.3 is 12.1 Å². The Morgan fingerprint density at radius 3 is 1.98 bits per heavy atom. The van der Waals surface area contributed by atoms with Gasteiger partial charge in [0.2, 0.25) is 0 Å². The molecule has 1 aliphatic carbocycles. The molecule has 10 nitrogen and oxygen atoms in total. The molecule has 0 fully saturated rings. The molecule has 0 bridgehead atoms. The summed E-state index contributed by atoms with van der Waals surface area (Å²) in [5, 5.41) is 8.05. The van der Waals surface area contributed by atoms with E-state index in [-0.39, 0.29) is 12.2 Å². The molecule has 0 unspecified atom stereocenters. The fourth-order valence-electron chi connectivity index (χ4n) is 5.43. The van der Waals surface area contributed by atoms with E-state index in [0.717, 1.165) is 10.4 Å². The molecule has 11 heteroatoms. The van der Waals surface area contributed by atoms with Crippen LogP contribution in [0.4, 0.5) is 4.79 Å². The molecule has 0 aromatic heterocycles. The lowest BCUT2D eigenvalue weighted by atomic mass is 9.83. The van der Waals surface area contributed by atoms with E-state index in [1.807, 2.05) is 60.7 Å². The van der Waals surface area contributed by atoms with Crippen molar-refractivity contribution in [3.63, 3.8) is 0 Å². The molecule has 3 rings (SSSR count). The van der Waals surface area contributed by atoms with Crippen LogP contribution in [0.1, 0.15) is 41.5 Å². The zero-order chi connectivity index (χ0) is 30.5. The number of nitrogens with one attached hydrogen (secondary N) is 1. The van der Waals surface area contributed by atoms with Gasteiger partial charge in [0.05, 0.1) is 25.8 Å². The molecule has 41 heavy (non-hydrogen) atoms. The molecule has 0 heterocycles. The fourth-order valence-corrected chi connectivity index (χ4v) is 10.0. The minimum absolute atomic E-state index is 0.0460. The van der Waals surface area contributed by atoms with E-state index in [4.69, 9.17) is 13.9 Å². The second-order valence-electron chi connectivity index (χ2n) is 12.0. The molecular formula is C30H38N4O6Si. The highest BCUT2D eigenvalue weighted by Gasteiger charge is 2.58. The highest BCUT2D eigenvalue weighted by atomic mass is 28.4. The van der Waals surface area contributed by atoms with Crippen molar-refractivity contribution in [2.45, 2.75) is 64.3 Å². The number of esters is 1. The van der Waals surface area contributed by atoms with E-state index in [2.05, 4.69) is 36.1 Å². The molecule has 0 radical (unpaired) electrons. The SMILES string of the molecule is COC(=O)[C@]1(CO[Si](c2ccccc2)(c2ccccc2)C(C)(C)C)C=C(C=O)[C@@H](NC(=O)OC(C)(C)C)[C@@H]1N=[N+]=[N-]. The largest absolute Gasteiger partial charge is 0.468 e. The molecule has 1 amide bonds. The number of alkyl carbamates (subject to hydrolysis) is 1. The molecule has 0 aliphatic heterocycles. The van der Waals surface area contributed by atoms with E-state index in [1.54, 1.807) is 20.8 Å². The topological polar surface area (TPSA) is 140 Å². The minimum Gasteiger partial charge on any atom is -0.468 e. The van der Waals surface area contributed by atoms with Crippen LogP contribution in [0.2, 0.25) is 5.04 Å². The number of methoxy groups -OCH3 is 1. The summed E-state index contributed by atoms with van der Waals surface area (Å²) >= 11 is 0. The van der Waals surface area contributed by atoms with E-state index in [9.17, 15) is 19.9 Å². The van der Waals surface area contributed by atoms with Crippen LogP contribution >= 0.6 is 0 Å². The summed E-state index contributed by atoms with van der Waals surface area (Å²) in [6, 6.07) is 17.2. The molecule has 1 N–H and O–H groups in total. The molecular weight excluding hydrogens is 540 g/mol. The lowest BCUT2D eigenvalue weighted by Crippen LogP contribution is -2.68. The smallest absolute Gasteiger partial charge is 0.408 e. The Morgan fingerprint density at radius 2 is 1.56 bits per heavy atom. The van der Waals surface area contributed by atoms with Crippen molar-refractivity contribution in [1.82, 2.24) is 5.32 Å². The number of azide groups is 1. The van der Waals surface area contributed by atoms with Gasteiger partial charge in [0.25, 0.3) is 8.32 Å². The Balaban J connectivity index is 2.19. The summed E-state index contributed by atoms with van der Waals surface area (Å²) in [7, 11) is -1.95. The fraction of sp³-hybridized carbons (Fsp3) is 0.433. The first-order chi connectivity index (χ1) is 19.3. The first kappa shape index (κ1) is 31.6. The van der Waals surface area contributed by atoms with Crippen LogP contribution in [-0.4, -0.2) is 58.1 Å². The van der Waals surface area contributed by atoms with E-state index in [1.165, 1.54) is 13.2 Å². The lowest BCUT2D eigenvalue weighted by Gasteiger charge is -2.45. The number of aldehydes is 1. The Hall–Kier alpha value is -3.92. The number of hydrogen-bond donors (Lipinski definition) is 1. The van der Waals surface area contributed by atoms with Crippen LogP contribution in [0.25, 0.3) is 10.4 Å². The van der Waals surface area contributed by atoms with Gasteiger partial charge in [0, 0.05) is 10.5 Å². The normalized spacial score (nSPS) is 20.8. The maximum Gasteiger partial charge on any atom is 0.408 e. The average Bonchev–Trinajstić information content (AvgIpc) is 3.21. The summed E-state index contributed by atoms with van der Waals surface area (Å²) in [6.45, 7) is 11.1. The van der Waals surface area contributed by atoms with Gasteiger partial charge in [-0.05, 0) is 41.7 Å². The Labute approximate surface area is 241 Å². The van der Waals surface area contributed by atoms with Gasteiger partial charge in [-0.2, -0.15) is 0 Å². The monoisotopic (exact) mass is 578 g/mol. The Morgan fingerprint density at radius 1 is 1.02 bits per heavy atom. The summed E-state index contributed by atoms with van der Waals surface area (Å²) in [5.74, 6) is -0.763. The van der Waals surface area contributed by atoms with Gasteiger partial charge in [-0.25, -0.2) is 4.79 Å². The van der Waals surface area contributed by atoms with Gasteiger partial charge in [0.1, 0.15) is 17.3 Å². The minimum atomic E-state index is -3.17. The number of hydrogen-bond acceptors (Lipinski definition) is 7. The number of amides is 1.